The fourth-order valence-electron chi connectivity index (χ4n) is 2.95. The molecule has 0 bridgehead atoms. The number of para-hydroxylation sites is 1. The molecule has 2 heterocycles. The van der Waals surface area contributed by atoms with Gasteiger partial charge >= 0.3 is 6.03 Å². The second-order valence-electron chi connectivity index (χ2n) is 6.22. The van der Waals surface area contributed by atoms with Gasteiger partial charge in [0.25, 0.3) is 0 Å². The topological polar surface area (TPSA) is 72.5 Å². The van der Waals surface area contributed by atoms with Crippen LogP contribution in [0.4, 0.5) is 4.79 Å². The molecule has 0 aliphatic carbocycles. The maximum Gasteiger partial charge on any atom is 0.315 e. The molecule has 6 nitrogen and oxygen atoms in total. The van der Waals surface area contributed by atoms with Crippen LogP contribution >= 0.6 is 0 Å². The third-order valence-electron chi connectivity index (χ3n) is 4.23. The second-order valence-corrected chi connectivity index (χ2v) is 6.22. The Bertz CT molecular complexity index is 736. The molecule has 2 amide bonds. The normalized spacial score (nSPS) is 16.0. The van der Waals surface area contributed by atoms with E-state index < -0.39 is 0 Å². The maximum atomic E-state index is 12.4. The highest BCUT2D eigenvalue weighted by Gasteiger charge is 2.21. The summed E-state index contributed by atoms with van der Waals surface area (Å²) in [5.41, 5.74) is 1.88. The van der Waals surface area contributed by atoms with E-state index in [0.717, 1.165) is 36.1 Å². The summed E-state index contributed by atoms with van der Waals surface area (Å²) in [6.45, 7) is 3.69. The van der Waals surface area contributed by atoms with Crippen LogP contribution in [0.15, 0.2) is 42.6 Å². The van der Waals surface area contributed by atoms with E-state index in [-0.39, 0.29) is 12.1 Å². The molecule has 0 unspecified atom stereocenters. The lowest BCUT2D eigenvalue weighted by atomic mass is 10.0. The SMILES string of the molecule is CCCOc1ncccc1CNC(=O)N[C@H]1CCCOc2ccccc21. The van der Waals surface area contributed by atoms with E-state index in [1.165, 1.54) is 0 Å². The third-order valence-corrected chi connectivity index (χ3v) is 4.23. The van der Waals surface area contributed by atoms with Gasteiger partial charge in [-0.25, -0.2) is 9.78 Å². The van der Waals surface area contributed by atoms with E-state index >= 15 is 0 Å². The molecule has 1 atom stereocenters. The first-order valence-corrected chi connectivity index (χ1v) is 9.10. The van der Waals surface area contributed by atoms with Crippen LogP contribution < -0.4 is 20.1 Å². The number of hydrogen-bond donors (Lipinski definition) is 2. The molecule has 6 heteroatoms. The Morgan fingerprint density at radius 2 is 2.19 bits per heavy atom. The van der Waals surface area contributed by atoms with Crippen molar-refractivity contribution in [1.82, 2.24) is 15.6 Å². The molecular weight excluding hydrogens is 330 g/mol. The lowest BCUT2D eigenvalue weighted by molar-refractivity contribution is 0.235. The summed E-state index contributed by atoms with van der Waals surface area (Å²) in [6, 6.07) is 11.3. The molecule has 0 saturated heterocycles. The number of ether oxygens (including phenoxy) is 2. The molecule has 0 spiro atoms. The van der Waals surface area contributed by atoms with Gasteiger partial charge < -0.3 is 20.1 Å². The molecule has 0 saturated carbocycles. The van der Waals surface area contributed by atoms with Crippen molar-refractivity contribution in [2.45, 2.75) is 38.8 Å². The Morgan fingerprint density at radius 3 is 3.08 bits per heavy atom. The smallest absolute Gasteiger partial charge is 0.315 e. The highest BCUT2D eigenvalue weighted by Crippen LogP contribution is 2.31. The zero-order chi connectivity index (χ0) is 18.2. The predicted molar refractivity (Wildman–Crippen MR) is 99.3 cm³/mol. The summed E-state index contributed by atoms with van der Waals surface area (Å²) >= 11 is 0. The van der Waals surface area contributed by atoms with Crippen molar-refractivity contribution in [1.29, 1.82) is 0 Å². The fourth-order valence-corrected chi connectivity index (χ4v) is 2.95. The standard InChI is InChI=1S/C20H25N3O3/c1-2-12-26-19-15(7-5-11-21-19)14-22-20(24)23-17-9-6-13-25-18-10-4-3-8-16(17)18/h3-5,7-8,10-11,17H,2,6,9,12-14H2,1H3,(H2,22,23,24)/t17-/m0/s1. The van der Waals surface area contributed by atoms with Crippen molar-refractivity contribution in [3.8, 4) is 11.6 Å². The van der Waals surface area contributed by atoms with Crippen LogP contribution in [0.2, 0.25) is 0 Å². The quantitative estimate of drug-likeness (QED) is 0.831. The Balaban J connectivity index is 1.60. The monoisotopic (exact) mass is 355 g/mol. The largest absolute Gasteiger partial charge is 0.493 e. The Morgan fingerprint density at radius 1 is 1.31 bits per heavy atom. The van der Waals surface area contributed by atoms with Crippen LogP contribution in [0, 0.1) is 0 Å². The van der Waals surface area contributed by atoms with E-state index in [1.54, 1.807) is 6.20 Å². The molecule has 0 fully saturated rings. The molecule has 1 aromatic carbocycles. The molecule has 1 aliphatic rings. The van der Waals surface area contributed by atoms with Crippen LogP contribution in [-0.4, -0.2) is 24.2 Å². The van der Waals surface area contributed by atoms with Crippen molar-refractivity contribution in [3.63, 3.8) is 0 Å². The van der Waals surface area contributed by atoms with Crippen molar-refractivity contribution >= 4 is 6.03 Å². The number of benzene rings is 1. The highest BCUT2D eigenvalue weighted by molar-refractivity contribution is 5.74. The van der Waals surface area contributed by atoms with Gasteiger partial charge in [0.2, 0.25) is 5.88 Å². The number of pyridine rings is 1. The molecule has 1 aromatic heterocycles. The van der Waals surface area contributed by atoms with Crippen LogP contribution in [-0.2, 0) is 6.54 Å². The minimum atomic E-state index is -0.211. The summed E-state index contributed by atoms with van der Waals surface area (Å²) in [4.78, 5) is 16.6. The average Bonchev–Trinajstić information content (AvgIpc) is 2.88. The zero-order valence-corrected chi connectivity index (χ0v) is 15.0. The van der Waals surface area contributed by atoms with Crippen LogP contribution in [0.5, 0.6) is 11.6 Å². The maximum absolute atomic E-state index is 12.4. The molecule has 1 aliphatic heterocycles. The first-order valence-electron chi connectivity index (χ1n) is 9.10. The minimum absolute atomic E-state index is 0.0570. The van der Waals surface area contributed by atoms with E-state index in [4.69, 9.17) is 9.47 Å². The predicted octanol–water partition coefficient (Wildman–Crippen LogP) is 3.58. The first kappa shape index (κ1) is 18.0. The van der Waals surface area contributed by atoms with Crippen molar-refractivity contribution < 1.29 is 14.3 Å². The summed E-state index contributed by atoms with van der Waals surface area (Å²) in [7, 11) is 0. The van der Waals surface area contributed by atoms with Crippen molar-refractivity contribution in [2.24, 2.45) is 0 Å². The third kappa shape index (κ3) is 4.65. The summed E-state index contributed by atoms with van der Waals surface area (Å²) in [5.74, 6) is 1.42. The second kappa shape index (κ2) is 9.08. The number of hydrogen-bond acceptors (Lipinski definition) is 4. The van der Waals surface area contributed by atoms with Gasteiger partial charge in [0.1, 0.15) is 5.75 Å². The molecule has 0 radical (unpaired) electrons. The van der Waals surface area contributed by atoms with E-state index in [9.17, 15) is 4.79 Å². The van der Waals surface area contributed by atoms with Crippen LogP contribution in [0.1, 0.15) is 43.4 Å². The Kier molecular flexibility index (Phi) is 6.30. The molecule has 2 aromatic rings. The number of rotatable bonds is 6. The molecule has 138 valence electrons. The molecular formula is C20H25N3O3. The van der Waals surface area contributed by atoms with Gasteiger partial charge in [0.15, 0.2) is 0 Å². The summed E-state index contributed by atoms with van der Waals surface area (Å²) < 4.78 is 11.4. The molecule has 26 heavy (non-hydrogen) atoms. The zero-order valence-electron chi connectivity index (χ0n) is 15.0. The number of amides is 2. The number of aromatic nitrogens is 1. The van der Waals surface area contributed by atoms with Gasteiger partial charge in [-0.15, -0.1) is 0 Å². The van der Waals surface area contributed by atoms with Crippen LogP contribution in [0.3, 0.4) is 0 Å². The van der Waals surface area contributed by atoms with E-state index in [1.807, 2.05) is 43.3 Å². The summed E-state index contributed by atoms with van der Waals surface area (Å²) in [5, 5.41) is 5.96. The number of fused-ring (bicyclic) bond motifs is 1. The Hall–Kier alpha value is -2.76. The highest BCUT2D eigenvalue weighted by atomic mass is 16.5. The first-order chi connectivity index (χ1) is 12.8. The van der Waals surface area contributed by atoms with E-state index in [0.29, 0.717) is 25.6 Å². The Labute approximate surface area is 153 Å². The average molecular weight is 355 g/mol. The lowest BCUT2D eigenvalue weighted by Gasteiger charge is -2.19. The van der Waals surface area contributed by atoms with Gasteiger partial charge in [0.05, 0.1) is 19.3 Å². The lowest BCUT2D eigenvalue weighted by Crippen LogP contribution is -2.37. The van der Waals surface area contributed by atoms with Crippen molar-refractivity contribution in [3.05, 3.63) is 53.7 Å². The van der Waals surface area contributed by atoms with Gasteiger partial charge in [-0.3, -0.25) is 0 Å². The molecule has 2 N–H and O–H groups in total. The molecule has 3 rings (SSSR count). The van der Waals surface area contributed by atoms with Gasteiger partial charge in [-0.1, -0.05) is 31.2 Å². The minimum Gasteiger partial charge on any atom is -0.493 e. The van der Waals surface area contributed by atoms with Gasteiger partial charge in [0, 0.05) is 23.9 Å². The number of carbonyl (C=O) groups excluding carboxylic acids is 1. The van der Waals surface area contributed by atoms with Gasteiger partial charge in [-0.2, -0.15) is 0 Å². The fraction of sp³-hybridized carbons (Fsp3) is 0.400. The number of urea groups is 1. The number of carbonyl (C=O) groups is 1. The van der Waals surface area contributed by atoms with Crippen LogP contribution in [0.25, 0.3) is 0 Å². The number of nitrogens with zero attached hydrogens (tertiary/aromatic N) is 1. The van der Waals surface area contributed by atoms with Gasteiger partial charge in [-0.05, 0) is 31.4 Å². The summed E-state index contributed by atoms with van der Waals surface area (Å²) in [6.07, 6.45) is 4.35. The van der Waals surface area contributed by atoms with E-state index in [2.05, 4.69) is 15.6 Å². The van der Waals surface area contributed by atoms with Crippen molar-refractivity contribution in [2.75, 3.05) is 13.2 Å². The number of nitrogens with one attached hydrogen (secondary N) is 2.